The van der Waals surface area contributed by atoms with Crippen LogP contribution in [0.15, 0.2) is 18.2 Å². The van der Waals surface area contributed by atoms with Gasteiger partial charge in [0.25, 0.3) is 5.91 Å². The number of nitrogens with zero attached hydrogens (tertiary/aromatic N) is 1. The van der Waals surface area contributed by atoms with E-state index in [4.69, 9.17) is 9.47 Å². The Hall–Kier alpha value is -1.92. The normalized spacial score (nSPS) is 13.4. The largest absolute Gasteiger partial charge is 0.454 e. The van der Waals surface area contributed by atoms with Crippen LogP contribution in [0.5, 0.6) is 11.5 Å². The molecule has 0 N–H and O–H groups in total. The molecule has 0 aromatic heterocycles. The second kappa shape index (κ2) is 5.60. The fraction of sp³-hybridized carbons (Fsp3) is 0.462. The Bertz CT molecular complexity index is 502. The first-order valence-corrected chi connectivity index (χ1v) is 6.16. The molecule has 0 fully saturated rings. The minimum Gasteiger partial charge on any atom is -0.454 e. The Labute approximate surface area is 114 Å². The Balaban J connectivity index is 2.08. The minimum absolute atomic E-state index is 0.0819. The van der Waals surface area contributed by atoms with Gasteiger partial charge in [-0.25, -0.2) is 0 Å². The molecule has 1 amide bonds. The Morgan fingerprint density at radius 1 is 1.30 bits per heavy atom. The van der Waals surface area contributed by atoms with Crippen LogP contribution in [0.1, 0.15) is 23.7 Å². The number of amides is 1. The molecule has 1 heterocycles. The van der Waals surface area contributed by atoms with E-state index in [2.05, 4.69) is 0 Å². The van der Waals surface area contributed by atoms with E-state index in [1.54, 1.807) is 13.0 Å². The molecule has 0 spiro atoms. The van der Waals surface area contributed by atoms with Crippen LogP contribution < -0.4 is 9.47 Å². The lowest BCUT2D eigenvalue weighted by Crippen LogP contribution is -2.34. The fourth-order valence-corrected chi connectivity index (χ4v) is 1.88. The lowest BCUT2D eigenvalue weighted by molar-refractivity contribution is -0.136. The highest BCUT2D eigenvalue weighted by atomic mass is 19.4. The molecule has 7 heteroatoms. The van der Waals surface area contributed by atoms with Crippen molar-refractivity contribution >= 4 is 5.91 Å². The second-order valence-corrected chi connectivity index (χ2v) is 4.32. The second-order valence-electron chi connectivity index (χ2n) is 4.32. The summed E-state index contributed by atoms with van der Waals surface area (Å²) >= 11 is 0. The molecule has 2 rings (SSSR count). The van der Waals surface area contributed by atoms with Crippen molar-refractivity contribution < 1.29 is 27.4 Å². The first-order valence-electron chi connectivity index (χ1n) is 6.16. The molecule has 110 valence electrons. The van der Waals surface area contributed by atoms with Crippen molar-refractivity contribution in [2.24, 2.45) is 0 Å². The van der Waals surface area contributed by atoms with Crippen molar-refractivity contribution in [2.75, 3.05) is 19.9 Å². The zero-order valence-corrected chi connectivity index (χ0v) is 10.9. The number of hydrogen-bond donors (Lipinski definition) is 0. The van der Waals surface area contributed by atoms with Gasteiger partial charge < -0.3 is 14.4 Å². The van der Waals surface area contributed by atoms with E-state index < -0.39 is 18.5 Å². The number of fused-ring (bicyclic) bond motifs is 1. The van der Waals surface area contributed by atoms with Gasteiger partial charge in [0.2, 0.25) is 6.79 Å². The van der Waals surface area contributed by atoms with Crippen molar-refractivity contribution in [1.29, 1.82) is 0 Å². The van der Waals surface area contributed by atoms with Gasteiger partial charge in [0.1, 0.15) is 0 Å². The van der Waals surface area contributed by atoms with E-state index in [1.165, 1.54) is 12.1 Å². The molecular formula is C13H14F3NO3. The van der Waals surface area contributed by atoms with Crippen molar-refractivity contribution in [3.05, 3.63) is 23.8 Å². The number of carbonyl (C=O) groups excluding carboxylic acids is 1. The molecule has 1 aliphatic rings. The molecule has 4 nitrogen and oxygen atoms in total. The molecule has 0 unspecified atom stereocenters. The van der Waals surface area contributed by atoms with Gasteiger partial charge in [-0.2, -0.15) is 13.2 Å². The summed E-state index contributed by atoms with van der Waals surface area (Å²) in [5.74, 6) is 0.512. The van der Waals surface area contributed by atoms with Crippen molar-refractivity contribution in [3.8, 4) is 11.5 Å². The van der Waals surface area contributed by atoms with E-state index in [9.17, 15) is 18.0 Å². The highest BCUT2D eigenvalue weighted by Crippen LogP contribution is 2.32. The Morgan fingerprint density at radius 2 is 2.00 bits per heavy atom. The van der Waals surface area contributed by atoms with Gasteiger partial charge in [0, 0.05) is 18.7 Å². The maximum atomic E-state index is 12.2. The highest BCUT2D eigenvalue weighted by Gasteiger charge is 2.29. The highest BCUT2D eigenvalue weighted by molar-refractivity contribution is 5.95. The van der Waals surface area contributed by atoms with E-state index in [0.717, 1.165) is 4.90 Å². The maximum absolute atomic E-state index is 12.2. The molecule has 0 bridgehead atoms. The van der Waals surface area contributed by atoms with Gasteiger partial charge in [-0.1, -0.05) is 0 Å². The fourth-order valence-electron chi connectivity index (χ4n) is 1.88. The van der Waals surface area contributed by atoms with Crippen LogP contribution in [-0.4, -0.2) is 36.9 Å². The number of rotatable bonds is 4. The summed E-state index contributed by atoms with van der Waals surface area (Å²) < 4.78 is 46.9. The third-order valence-electron chi connectivity index (χ3n) is 2.95. The number of carbonyl (C=O) groups is 1. The third kappa shape index (κ3) is 3.34. The van der Waals surface area contributed by atoms with Gasteiger partial charge in [0.15, 0.2) is 11.5 Å². The average Bonchev–Trinajstić information content (AvgIpc) is 2.84. The third-order valence-corrected chi connectivity index (χ3v) is 2.95. The zero-order valence-electron chi connectivity index (χ0n) is 10.9. The number of halogens is 3. The lowest BCUT2D eigenvalue weighted by atomic mass is 10.1. The molecule has 0 radical (unpaired) electrons. The summed E-state index contributed by atoms with van der Waals surface area (Å²) in [5, 5.41) is 0. The van der Waals surface area contributed by atoms with Crippen LogP contribution in [0.3, 0.4) is 0 Å². The first-order chi connectivity index (χ1) is 9.40. The predicted octanol–water partition coefficient (Wildman–Crippen LogP) is 2.83. The first kappa shape index (κ1) is 14.5. The quantitative estimate of drug-likeness (QED) is 0.855. The van der Waals surface area contributed by atoms with Gasteiger partial charge in [-0.05, 0) is 25.1 Å². The van der Waals surface area contributed by atoms with E-state index >= 15 is 0 Å². The number of alkyl halides is 3. The SMILES string of the molecule is CCN(CCC(F)(F)F)C(=O)c1ccc2c(c1)OCO2. The predicted molar refractivity (Wildman–Crippen MR) is 64.8 cm³/mol. The average molecular weight is 289 g/mol. The molecule has 1 aromatic rings. The zero-order chi connectivity index (χ0) is 14.8. The van der Waals surface area contributed by atoms with Crippen LogP contribution in [-0.2, 0) is 0 Å². The van der Waals surface area contributed by atoms with Crippen LogP contribution in [0.4, 0.5) is 13.2 Å². The molecule has 1 aromatic carbocycles. The van der Waals surface area contributed by atoms with Crippen LogP contribution >= 0.6 is 0 Å². The number of hydrogen-bond acceptors (Lipinski definition) is 3. The topological polar surface area (TPSA) is 38.8 Å². The lowest BCUT2D eigenvalue weighted by Gasteiger charge is -2.21. The van der Waals surface area contributed by atoms with Crippen molar-refractivity contribution in [2.45, 2.75) is 19.5 Å². The smallest absolute Gasteiger partial charge is 0.390 e. The van der Waals surface area contributed by atoms with Gasteiger partial charge in [-0.3, -0.25) is 4.79 Å². The van der Waals surface area contributed by atoms with Crippen molar-refractivity contribution in [1.82, 2.24) is 4.90 Å². The minimum atomic E-state index is -4.28. The Kier molecular flexibility index (Phi) is 4.06. The monoisotopic (exact) mass is 289 g/mol. The Morgan fingerprint density at radius 3 is 2.65 bits per heavy atom. The molecule has 0 saturated carbocycles. The molecule has 0 aliphatic carbocycles. The summed E-state index contributed by atoms with van der Waals surface area (Å²) in [5.41, 5.74) is 0.290. The molecule has 20 heavy (non-hydrogen) atoms. The van der Waals surface area contributed by atoms with Gasteiger partial charge in [-0.15, -0.1) is 0 Å². The summed E-state index contributed by atoms with van der Waals surface area (Å²) in [6.07, 6.45) is -5.29. The van der Waals surface area contributed by atoms with Gasteiger partial charge >= 0.3 is 6.18 Å². The number of ether oxygens (including phenoxy) is 2. The summed E-state index contributed by atoms with van der Waals surface area (Å²) in [6, 6.07) is 4.58. The molecule has 1 aliphatic heterocycles. The van der Waals surface area contributed by atoms with Crippen LogP contribution in [0.25, 0.3) is 0 Å². The van der Waals surface area contributed by atoms with Crippen molar-refractivity contribution in [3.63, 3.8) is 0 Å². The maximum Gasteiger partial charge on any atom is 0.390 e. The standard InChI is InChI=1S/C13H14F3NO3/c1-2-17(6-5-13(14,15)16)12(18)9-3-4-10-11(7-9)20-8-19-10/h3-4,7H,2,5-6,8H2,1H3. The van der Waals surface area contributed by atoms with Crippen LogP contribution in [0, 0.1) is 0 Å². The summed E-state index contributed by atoms with van der Waals surface area (Å²) in [4.78, 5) is 13.3. The summed E-state index contributed by atoms with van der Waals surface area (Å²) in [6.45, 7) is 1.58. The van der Waals surface area contributed by atoms with Crippen LogP contribution in [0.2, 0.25) is 0 Å². The van der Waals surface area contributed by atoms with E-state index in [-0.39, 0.29) is 19.9 Å². The molecular weight excluding hydrogens is 275 g/mol. The molecule has 0 saturated heterocycles. The van der Waals surface area contributed by atoms with E-state index in [1.807, 2.05) is 0 Å². The molecule has 0 atom stereocenters. The van der Waals surface area contributed by atoms with E-state index in [0.29, 0.717) is 17.1 Å². The number of benzene rings is 1. The summed E-state index contributed by atoms with van der Waals surface area (Å²) in [7, 11) is 0. The van der Waals surface area contributed by atoms with Gasteiger partial charge in [0.05, 0.1) is 6.42 Å².